The molecule has 2 N–H and O–H groups in total. The van der Waals surface area contributed by atoms with Crippen LogP contribution in [0.5, 0.6) is 0 Å². The second kappa shape index (κ2) is 7.55. The van der Waals surface area contributed by atoms with E-state index in [9.17, 15) is 0 Å². The Balaban J connectivity index is 2.12. The van der Waals surface area contributed by atoms with Crippen LogP contribution in [0.3, 0.4) is 0 Å². The van der Waals surface area contributed by atoms with Gasteiger partial charge in [0.05, 0.1) is 10.7 Å². The quantitative estimate of drug-likeness (QED) is 0.701. The van der Waals surface area contributed by atoms with Gasteiger partial charge in [-0.2, -0.15) is 0 Å². The van der Waals surface area contributed by atoms with Gasteiger partial charge in [0.25, 0.3) is 0 Å². The summed E-state index contributed by atoms with van der Waals surface area (Å²) >= 11 is 5.99. The van der Waals surface area contributed by atoms with Gasteiger partial charge in [-0.3, -0.25) is 0 Å². The SMILES string of the molecule is OCCCCCCNc1ccccc1Cl. The first-order valence-electron chi connectivity index (χ1n) is 5.44. The molecule has 0 aromatic heterocycles. The van der Waals surface area contributed by atoms with Crippen LogP contribution >= 0.6 is 11.6 Å². The molecule has 0 radical (unpaired) electrons. The van der Waals surface area contributed by atoms with Crippen molar-refractivity contribution in [2.75, 3.05) is 18.5 Å². The van der Waals surface area contributed by atoms with Crippen molar-refractivity contribution in [2.45, 2.75) is 25.7 Å². The van der Waals surface area contributed by atoms with Gasteiger partial charge in [0.1, 0.15) is 0 Å². The van der Waals surface area contributed by atoms with Gasteiger partial charge >= 0.3 is 0 Å². The van der Waals surface area contributed by atoms with Crippen LogP contribution in [0.2, 0.25) is 5.02 Å². The van der Waals surface area contributed by atoms with Crippen LogP contribution in [0.1, 0.15) is 25.7 Å². The number of anilines is 1. The molecule has 1 aromatic rings. The highest BCUT2D eigenvalue weighted by Crippen LogP contribution is 2.20. The smallest absolute Gasteiger partial charge is 0.0637 e. The van der Waals surface area contributed by atoms with E-state index in [-0.39, 0.29) is 0 Å². The number of nitrogens with one attached hydrogen (secondary N) is 1. The molecule has 0 amide bonds. The van der Waals surface area contributed by atoms with E-state index < -0.39 is 0 Å². The normalized spacial score (nSPS) is 10.3. The predicted molar refractivity (Wildman–Crippen MR) is 65.5 cm³/mol. The molecule has 0 saturated heterocycles. The van der Waals surface area contributed by atoms with Crippen LogP contribution in [-0.2, 0) is 0 Å². The van der Waals surface area contributed by atoms with Crippen molar-refractivity contribution in [3.63, 3.8) is 0 Å². The second-order valence-corrected chi connectivity index (χ2v) is 3.95. The Kier molecular flexibility index (Phi) is 6.21. The average molecular weight is 228 g/mol. The third kappa shape index (κ3) is 5.05. The molecule has 0 bridgehead atoms. The predicted octanol–water partition coefficient (Wildman–Crippen LogP) is 3.30. The van der Waals surface area contributed by atoms with Crippen molar-refractivity contribution in [1.82, 2.24) is 0 Å². The summed E-state index contributed by atoms with van der Waals surface area (Å²) in [5, 5.41) is 12.7. The largest absolute Gasteiger partial charge is 0.396 e. The number of aliphatic hydroxyl groups excluding tert-OH is 1. The topological polar surface area (TPSA) is 32.3 Å². The molecule has 0 heterocycles. The number of para-hydroxylation sites is 1. The fourth-order valence-electron chi connectivity index (χ4n) is 1.42. The van der Waals surface area contributed by atoms with Crippen molar-refractivity contribution >= 4 is 17.3 Å². The van der Waals surface area contributed by atoms with E-state index in [1.807, 2.05) is 24.3 Å². The van der Waals surface area contributed by atoms with Crippen molar-refractivity contribution in [3.05, 3.63) is 29.3 Å². The minimum atomic E-state index is 0.304. The lowest BCUT2D eigenvalue weighted by molar-refractivity contribution is 0.283. The first-order valence-corrected chi connectivity index (χ1v) is 5.81. The molecule has 0 spiro atoms. The Bertz CT molecular complexity index is 278. The van der Waals surface area contributed by atoms with E-state index in [0.717, 1.165) is 42.9 Å². The van der Waals surface area contributed by atoms with Crippen LogP contribution in [0, 0.1) is 0 Å². The minimum Gasteiger partial charge on any atom is -0.396 e. The molecule has 0 fully saturated rings. The van der Waals surface area contributed by atoms with Gasteiger partial charge in [0.15, 0.2) is 0 Å². The van der Waals surface area contributed by atoms with E-state index in [4.69, 9.17) is 16.7 Å². The molecule has 0 aliphatic rings. The maximum absolute atomic E-state index is 8.60. The molecule has 1 rings (SSSR count). The zero-order chi connectivity index (χ0) is 10.9. The highest BCUT2D eigenvalue weighted by molar-refractivity contribution is 6.33. The van der Waals surface area contributed by atoms with Gasteiger partial charge in [-0.25, -0.2) is 0 Å². The van der Waals surface area contributed by atoms with E-state index in [0.29, 0.717) is 6.61 Å². The number of rotatable bonds is 7. The number of unbranched alkanes of at least 4 members (excludes halogenated alkanes) is 3. The molecule has 0 saturated carbocycles. The summed E-state index contributed by atoms with van der Waals surface area (Å²) in [6.45, 7) is 1.24. The molecule has 84 valence electrons. The third-order valence-corrected chi connectivity index (χ3v) is 2.60. The van der Waals surface area contributed by atoms with Gasteiger partial charge in [-0.15, -0.1) is 0 Å². The summed E-state index contributed by atoms with van der Waals surface area (Å²) in [6, 6.07) is 7.76. The Morgan fingerprint density at radius 3 is 2.53 bits per heavy atom. The van der Waals surface area contributed by atoms with Crippen LogP contribution < -0.4 is 5.32 Å². The number of benzene rings is 1. The standard InChI is InChI=1S/C12H18ClNO/c13-11-7-3-4-8-12(11)14-9-5-1-2-6-10-15/h3-4,7-8,14-15H,1-2,5-6,9-10H2. The summed E-state index contributed by atoms with van der Waals surface area (Å²) in [5.41, 5.74) is 1.00. The van der Waals surface area contributed by atoms with E-state index in [1.165, 1.54) is 0 Å². The number of hydrogen-bond donors (Lipinski definition) is 2. The Hall–Kier alpha value is -0.730. The Morgan fingerprint density at radius 2 is 1.80 bits per heavy atom. The monoisotopic (exact) mass is 227 g/mol. The molecule has 15 heavy (non-hydrogen) atoms. The van der Waals surface area contributed by atoms with Gasteiger partial charge < -0.3 is 10.4 Å². The Morgan fingerprint density at radius 1 is 1.07 bits per heavy atom. The maximum Gasteiger partial charge on any atom is 0.0637 e. The summed E-state index contributed by atoms with van der Waals surface area (Å²) in [6.07, 6.45) is 4.27. The fourth-order valence-corrected chi connectivity index (χ4v) is 1.62. The van der Waals surface area contributed by atoms with Crippen molar-refractivity contribution < 1.29 is 5.11 Å². The van der Waals surface area contributed by atoms with Crippen LogP contribution in [0.15, 0.2) is 24.3 Å². The van der Waals surface area contributed by atoms with E-state index >= 15 is 0 Å². The number of hydrogen-bond acceptors (Lipinski definition) is 2. The van der Waals surface area contributed by atoms with Crippen molar-refractivity contribution in [1.29, 1.82) is 0 Å². The van der Waals surface area contributed by atoms with Crippen LogP contribution in [0.25, 0.3) is 0 Å². The summed E-state index contributed by atoms with van der Waals surface area (Å²) in [4.78, 5) is 0. The van der Waals surface area contributed by atoms with E-state index in [2.05, 4.69) is 5.32 Å². The van der Waals surface area contributed by atoms with Crippen molar-refractivity contribution in [3.8, 4) is 0 Å². The molecule has 0 atom stereocenters. The van der Waals surface area contributed by atoms with Gasteiger partial charge in [0, 0.05) is 13.2 Å². The summed E-state index contributed by atoms with van der Waals surface area (Å²) < 4.78 is 0. The van der Waals surface area contributed by atoms with Crippen LogP contribution in [0.4, 0.5) is 5.69 Å². The van der Waals surface area contributed by atoms with Gasteiger partial charge in [-0.05, 0) is 25.0 Å². The molecular weight excluding hydrogens is 210 g/mol. The first-order chi connectivity index (χ1) is 7.34. The summed E-state index contributed by atoms with van der Waals surface area (Å²) in [7, 11) is 0. The minimum absolute atomic E-state index is 0.304. The molecular formula is C12H18ClNO. The molecule has 0 aliphatic carbocycles. The molecule has 0 aliphatic heterocycles. The lowest BCUT2D eigenvalue weighted by Crippen LogP contribution is -2.01. The molecule has 2 nitrogen and oxygen atoms in total. The number of halogens is 1. The molecule has 1 aromatic carbocycles. The van der Waals surface area contributed by atoms with Crippen LogP contribution in [-0.4, -0.2) is 18.3 Å². The maximum atomic E-state index is 8.60. The summed E-state index contributed by atoms with van der Waals surface area (Å²) in [5.74, 6) is 0. The zero-order valence-electron chi connectivity index (χ0n) is 8.88. The highest BCUT2D eigenvalue weighted by atomic mass is 35.5. The zero-order valence-corrected chi connectivity index (χ0v) is 9.63. The second-order valence-electron chi connectivity index (χ2n) is 3.54. The van der Waals surface area contributed by atoms with E-state index in [1.54, 1.807) is 0 Å². The Labute approximate surface area is 96.3 Å². The molecule has 0 unspecified atom stereocenters. The average Bonchev–Trinajstić information content (AvgIpc) is 2.25. The van der Waals surface area contributed by atoms with Gasteiger partial charge in [-0.1, -0.05) is 36.6 Å². The lowest BCUT2D eigenvalue weighted by atomic mass is 10.2. The highest BCUT2D eigenvalue weighted by Gasteiger charge is 1.96. The first kappa shape index (κ1) is 12.3. The fraction of sp³-hybridized carbons (Fsp3) is 0.500. The van der Waals surface area contributed by atoms with Gasteiger partial charge in [0.2, 0.25) is 0 Å². The van der Waals surface area contributed by atoms with Crippen molar-refractivity contribution in [2.24, 2.45) is 0 Å². The lowest BCUT2D eigenvalue weighted by Gasteiger charge is -2.07. The third-order valence-electron chi connectivity index (χ3n) is 2.27. The number of aliphatic hydroxyl groups is 1. The molecule has 3 heteroatoms.